The molecule has 0 saturated heterocycles. The van der Waals surface area contributed by atoms with E-state index in [1.54, 1.807) is 0 Å². The van der Waals surface area contributed by atoms with Crippen molar-refractivity contribution >= 4 is 11.6 Å². The summed E-state index contributed by atoms with van der Waals surface area (Å²) in [5.74, 6) is 3.24. The zero-order chi connectivity index (χ0) is 15.1. The van der Waals surface area contributed by atoms with Gasteiger partial charge in [-0.15, -0.1) is 0 Å². The van der Waals surface area contributed by atoms with Gasteiger partial charge in [0.05, 0.1) is 0 Å². The Morgan fingerprint density at radius 3 is 2.48 bits per heavy atom. The highest BCUT2D eigenvalue weighted by Gasteiger charge is 2.10. The maximum atomic E-state index is 4.98. The molecule has 0 amide bonds. The highest BCUT2D eigenvalue weighted by atomic mass is 16.5. The molecule has 0 bridgehead atoms. The smallest absolute Gasteiger partial charge is 0.228 e. The van der Waals surface area contributed by atoms with Crippen LogP contribution in [0.2, 0.25) is 0 Å². The fourth-order valence-corrected chi connectivity index (χ4v) is 2.00. The lowest BCUT2D eigenvalue weighted by Crippen LogP contribution is -2.13. The minimum Gasteiger partial charge on any atom is -0.370 e. The lowest BCUT2D eigenvalue weighted by atomic mass is 10.2. The summed E-state index contributed by atoms with van der Waals surface area (Å²) >= 11 is 0. The van der Waals surface area contributed by atoms with Crippen molar-refractivity contribution in [2.24, 2.45) is 0 Å². The third kappa shape index (κ3) is 4.14. The minimum absolute atomic E-state index is 0.620. The Bertz CT molecular complexity index is 555. The van der Waals surface area contributed by atoms with E-state index in [0.29, 0.717) is 18.9 Å². The Morgan fingerprint density at radius 1 is 1.10 bits per heavy atom. The molecule has 2 aromatic heterocycles. The van der Waals surface area contributed by atoms with Crippen LogP contribution in [0.3, 0.4) is 0 Å². The summed E-state index contributed by atoms with van der Waals surface area (Å²) in [4.78, 5) is 13.2. The van der Waals surface area contributed by atoms with Crippen molar-refractivity contribution in [3.63, 3.8) is 0 Å². The molecule has 0 atom stereocenters. The molecular formula is C14H22N6O. The first-order chi connectivity index (χ1) is 10.2. The van der Waals surface area contributed by atoms with Crippen molar-refractivity contribution in [1.82, 2.24) is 20.1 Å². The van der Waals surface area contributed by atoms with Crippen LogP contribution in [0.15, 0.2) is 10.9 Å². The molecule has 0 saturated carbocycles. The first-order valence-electron chi connectivity index (χ1n) is 7.35. The maximum Gasteiger partial charge on any atom is 0.228 e. The van der Waals surface area contributed by atoms with Gasteiger partial charge >= 0.3 is 0 Å². The van der Waals surface area contributed by atoms with Crippen LogP contribution in [0.25, 0.3) is 0 Å². The highest BCUT2D eigenvalue weighted by molar-refractivity contribution is 5.57. The third-order valence-electron chi connectivity index (χ3n) is 3.05. The fourth-order valence-electron chi connectivity index (χ4n) is 2.00. The number of nitrogens with one attached hydrogen (secondary N) is 2. The lowest BCUT2D eigenvalue weighted by Gasteiger charge is -2.14. The molecule has 21 heavy (non-hydrogen) atoms. The van der Waals surface area contributed by atoms with Crippen LogP contribution in [0.5, 0.6) is 0 Å². The van der Waals surface area contributed by atoms with E-state index in [2.05, 4.69) is 44.6 Å². The molecule has 2 rings (SSSR count). The summed E-state index contributed by atoms with van der Waals surface area (Å²) < 4.78 is 4.98. The van der Waals surface area contributed by atoms with Crippen molar-refractivity contribution < 1.29 is 4.52 Å². The van der Waals surface area contributed by atoms with Crippen molar-refractivity contribution in [3.8, 4) is 0 Å². The van der Waals surface area contributed by atoms with E-state index in [4.69, 9.17) is 4.52 Å². The van der Waals surface area contributed by atoms with Gasteiger partial charge in [-0.2, -0.15) is 4.98 Å². The number of anilines is 2. The number of hydrogen-bond acceptors (Lipinski definition) is 7. The molecule has 0 aliphatic rings. The monoisotopic (exact) mass is 290 g/mol. The quantitative estimate of drug-likeness (QED) is 0.770. The van der Waals surface area contributed by atoms with Crippen LogP contribution in [0.1, 0.15) is 37.5 Å². The number of rotatable bonds is 8. The highest BCUT2D eigenvalue weighted by Crippen LogP contribution is 2.20. The van der Waals surface area contributed by atoms with E-state index < -0.39 is 0 Å². The average molecular weight is 290 g/mol. The van der Waals surface area contributed by atoms with Crippen LogP contribution in [-0.4, -0.2) is 33.2 Å². The molecule has 114 valence electrons. The average Bonchev–Trinajstić information content (AvgIpc) is 2.97. The van der Waals surface area contributed by atoms with E-state index in [1.807, 2.05) is 6.92 Å². The predicted molar refractivity (Wildman–Crippen MR) is 81.4 cm³/mol. The van der Waals surface area contributed by atoms with Gasteiger partial charge in [0.2, 0.25) is 5.89 Å². The van der Waals surface area contributed by atoms with Gasteiger partial charge in [0.25, 0.3) is 0 Å². The zero-order valence-electron chi connectivity index (χ0n) is 12.8. The molecule has 0 fully saturated rings. The Morgan fingerprint density at radius 2 is 1.86 bits per heavy atom. The molecule has 7 heteroatoms. The number of aromatic nitrogens is 4. The van der Waals surface area contributed by atoms with Gasteiger partial charge in [-0.1, -0.05) is 12.1 Å². The van der Waals surface area contributed by atoms with Crippen molar-refractivity contribution in [1.29, 1.82) is 0 Å². The summed E-state index contributed by atoms with van der Waals surface area (Å²) in [5.41, 5.74) is 1.03. The normalized spacial score (nSPS) is 10.6. The van der Waals surface area contributed by atoms with Gasteiger partial charge in [0.15, 0.2) is 6.33 Å². The molecular weight excluding hydrogens is 268 g/mol. The minimum atomic E-state index is 0.620. The van der Waals surface area contributed by atoms with Crippen LogP contribution in [0, 0.1) is 6.92 Å². The molecule has 2 aromatic rings. The zero-order valence-corrected chi connectivity index (χ0v) is 12.8. The van der Waals surface area contributed by atoms with Crippen LogP contribution in [0.4, 0.5) is 11.6 Å². The van der Waals surface area contributed by atoms with Gasteiger partial charge in [-0.05, 0) is 20.3 Å². The molecule has 0 unspecified atom stereocenters. The van der Waals surface area contributed by atoms with E-state index >= 15 is 0 Å². The first-order valence-corrected chi connectivity index (χ1v) is 7.35. The van der Waals surface area contributed by atoms with Crippen LogP contribution >= 0.6 is 0 Å². The second-order valence-electron chi connectivity index (χ2n) is 4.75. The number of hydrogen-bond donors (Lipinski definition) is 2. The molecule has 0 spiro atoms. The Kier molecular flexibility index (Phi) is 5.48. The van der Waals surface area contributed by atoms with Gasteiger partial charge in [-0.25, -0.2) is 9.97 Å². The van der Waals surface area contributed by atoms with Crippen molar-refractivity contribution in [2.75, 3.05) is 23.7 Å². The maximum absolute atomic E-state index is 4.98. The van der Waals surface area contributed by atoms with Gasteiger partial charge < -0.3 is 15.2 Å². The standard InChI is InChI=1S/C14H22N6O/c1-4-6-11-19-13(15-5-2)10(3)14(20-11)16-8-7-12-17-9-18-21-12/h9H,4-8H2,1-3H3,(H2,15,16,19,20). The van der Waals surface area contributed by atoms with Crippen molar-refractivity contribution in [2.45, 2.75) is 40.0 Å². The van der Waals surface area contributed by atoms with E-state index in [-0.39, 0.29) is 0 Å². The van der Waals surface area contributed by atoms with Gasteiger partial charge in [0.1, 0.15) is 17.5 Å². The summed E-state index contributed by atoms with van der Waals surface area (Å²) in [6.07, 6.45) is 3.98. The van der Waals surface area contributed by atoms with Gasteiger partial charge in [-0.3, -0.25) is 0 Å². The van der Waals surface area contributed by atoms with E-state index in [0.717, 1.165) is 42.4 Å². The van der Waals surface area contributed by atoms with Crippen molar-refractivity contribution in [3.05, 3.63) is 23.6 Å². The Balaban J connectivity index is 2.08. The van der Waals surface area contributed by atoms with E-state index in [9.17, 15) is 0 Å². The molecule has 7 nitrogen and oxygen atoms in total. The second kappa shape index (κ2) is 7.56. The second-order valence-corrected chi connectivity index (χ2v) is 4.75. The van der Waals surface area contributed by atoms with Crippen LogP contribution < -0.4 is 10.6 Å². The molecule has 0 radical (unpaired) electrons. The summed E-state index contributed by atoms with van der Waals surface area (Å²) in [7, 11) is 0. The number of nitrogens with zero attached hydrogens (tertiary/aromatic N) is 4. The summed E-state index contributed by atoms with van der Waals surface area (Å²) in [6.45, 7) is 7.73. The molecule has 0 aliphatic carbocycles. The molecule has 0 aromatic carbocycles. The summed E-state index contributed by atoms with van der Waals surface area (Å²) in [6, 6.07) is 0. The third-order valence-corrected chi connectivity index (χ3v) is 3.05. The fraction of sp³-hybridized carbons (Fsp3) is 0.571. The lowest BCUT2D eigenvalue weighted by molar-refractivity contribution is 0.379. The first kappa shape index (κ1) is 15.2. The van der Waals surface area contributed by atoms with E-state index in [1.165, 1.54) is 6.33 Å². The Labute approximate surface area is 124 Å². The molecule has 2 N–H and O–H groups in total. The van der Waals surface area contributed by atoms with Gasteiger partial charge in [0, 0.05) is 31.5 Å². The molecule has 2 heterocycles. The summed E-state index contributed by atoms with van der Waals surface area (Å²) in [5, 5.41) is 10.2. The molecule has 0 aliphatic heterocycles. The SMILES string of the molecule is CCCc1nc(NCC)c(C)c(NCCc2ncno2)n1. The van der Waals surface area contributed by atoms with Crippen LogP contribution in [-0.2, 0) is 12.8 Å². The largest absolute Gasteiger partial charge is 0.370 e. The number of aryl methyl sites for hydroxylation is 1. The predicted octanol–water partition coefficient (Wildman–Crippen LogP) is 2.21. The Hall–Kier alpha value is -2.18. The topological polar surface area (TPSA) is 88.8 Å².